The summed E-state index contributed by atoms with van der Waals surface area (Å²) >= 11 is 0. The standard InChI is InChI=1S/C14H16FN3O/c1-9-7-16-8-12(9)14-17-13(18-19-14)6-10-2-4-11(15)5-3-10/h2-5,9,12,16H,6-8H2,1H3/t9-,12-/m1/s1. The van der Waals surface area contributed by atoms with Crippen molar-refractivity contribution in [2.45, 2.75) is 19.3 Å². The van der Waals surface area contributed by atoms with Gasteiger partial charge in [-0.1, -0.05) is 24.2 Å². The molecule has 0 bridgehead atoms. The predicted octanol–water partition coefficient (Wildman–Crippen LogP) is 2.12. The molecule has 2 heterocycles. The molecule has 1 aliphatic rings. The van der Waals surface area contributed by atoms with E-state index in [9.17, 15) is 4.39 Å². The third-order valence-corrected chi connectivity index (χ3v) is 3.59. The van der Waals surface area contributed by atoms with Crippen molar-refractivity contribution in [1.29, 1.82) is 0 Å². The van der Waals surface area contributed by atoms with Crippen molar-refractivity contribution in [2.75, 3.05) is 13.1 Å². The molecule has 1 aromatic heterocycles. The Balaban J connectivity index is 1.72. The highest BCUT2D eigenvalue weighted by molar-refractivity contribution is 5.19. The second-order valence-corrected chi connectivity index (χ2v) is 5.09. The first-order valence-electron chi connectivity index (χ1n) is 6.50. The van der Waals surface area contributed by atoms with E-state index in [1.807, 2.05) is 0 Å². The normalized spacial score (nSPS) is 22.8. The van der Waals surface area contributed by atoms with Gasteiger partial charge in [-0.05, 0) is 30.2 Å². The summed E-state index contributed by atoms with van der Waals surface area (Å²) in [5.41, 5.74) is 0.978. The van der Waals surface area contributed by atoms with E-state index in [1.165, 1.54) is 12.1 Å². The van der Waals surface area contributed by atoms with Gasteiger partial charge in [-0.15, -0.1) is 0 Å². The fourth-order valence-corrected chi connectivity index (χ4v) is 2.42. The number of nitrogens with zero attached hydrogens (tertiary/aromatic N) is 2. The van der Waals surface area contributed by atoms with E-state index < -0.39 is 0 Å². The highest BCUT2D eigenvalue weighted by atomic mass is 19.1. The molecule has 1 N–H and O–H groups in total. The zero-order valence-corrected chi connectivity index (χ0v) is 10.8. The maximum atomic E-state index is 12.8. The quantitative estimate of drug-likeness (QED) is 0.919. The van der Waals surface area contributed by atoms with Crippen molar-refractivity contribution in [3.8, 4) is 0 Å². The van der Waals surface area contributed by atoms with Gasteiger partial charge < -0.3 is 9.84 Å². The van der Waals surface area contributed by atoms with Gasteiger partial charge in [0.25, 0.3) is 0 Å². The van der Waals surface area contributed by atoms with E-state index in [-0.39, 0.29) is 5.82 Å². The van der Waals surface area contributed by atoms with E-state index in [4.69, 9.17) is 4.52 Å². The number of benzene rings is 1. The first kappa shape index (κ1) is 12.3. The summed E-state index contributed by atoms with van der Waals surface area (Å²) in [6, 6.07) is 6.37. The van der Waals surface area contributed by atoms with Crippen molar-refractivity contribution in [1.82, 2.24) is 15.5 Å². The summed E-state index contributed by atoms with van der Waals surface area (Å²) in [6.45, 7) is 4.05. The average Bonchev–Trinajstić information content (AvgIpc) is 3.01. The second kappa shape index (κ2) is 5.09. The van der Waals surface area contributed by atoms with E-state index in [1.54, 1.807) is 12.1 Å². The average molecular weight is 261 g/mol. The topological polar surface area (TPSA) is 51.0 Å². The summed E-state index contributed by atoms with van der Waals surface area (Å²) in [5.74, 6) is 1.94. The second-order valence-electron chi connectivity index (χ2n) is 5.09. The lowest BCUT2D eigenvalue weighted by Gasteiger charge is -2.07. The van der Waals surface area contributed by atoms with Crippen LogP contribution in [0, 0.1) is 11.7 Å². The minimum Gasteiger partial charge on any atom is -0.339 e. The maximum absolute atomic E-state index is 12.8. The van der Waals surface area contributed by atoms with Gasteiger partial charge in [-0.2, -0.15) is 4.98 Å². The summed E-state index contributed by atoms with van der Waals surface area (Å²) in [6.07, 6.45) is 0.568. The van der Waals surface area contributed by atoms with Gasteiger partial charge in [-0.3, -0.25) is 0 Å². The van der Waals surface area contributed by atoms with E-state index in [0.29, 0.717) is 30.0 Å². The number of halogens is 1. The summed E-state index contributed by atoms with van der Waals surface area (Å²) in [7, 11) is 0. The lowest BCUT2D eigenvalue weighted by molar-refractivity contribution is 0.337. The maximum Gasteiger partial charge on any atom is 0.231 e. The number of rotatable bonds is 3. The zero-order valence-electron chi connectivity index (χ0n) is 10.8. The Kier molecular flexibility index (Phi) is 3.29. The Morgan fingerprint density at radius 2 is 2.11 bits per heavy atom. The fraction of sp³-hybridized carbons (Fsp3) is 0.429. The van der Waals surface area contributed by atoms with Crippen LogP contribution in [0.4, 0.5) is 4.39 Å². The van der Waals surface area contributed by atoms with Crippen LogP contribution in [0.5, 0.6) is 0 Å². The molecular weight excluding hydrogens is 245 g/mol. The largest absolute Gasteiger partial charge is 0.339 e. The van der Waals surface area contributed by atoms with Gasteiger partial charge in [0, 0.05) is 13.0 Å². The van der Waals surface area contributed by atoms with E-state index in [2.05, 4.69) is 22.4 Å². The molecule has 1 fully saturated rings. The Labute approximate surface area is 111 Å². The van der Waals surface area contributed by atoms with Crippen LogP contribution < -0.4 is 5.32 Å². The molecule has 1 aromatic carbocycles. The van der Waals surface area contributed by atoms with E-state index in [0.717, 1.165) is 18.7 Å². The van der Waals surface area contributed by atoms with Crippen LogP contribution in [0.25, 0.3) is 0 Å². The molecule has 5 heteroatoms. The molecule has 0 amide bonds. The summed E-state index contributed by atoms with van der Waals surface area (Å²) < 4.78 is 18.2. The molecule has 100 valence electrons. The van der Waals surface area contributed by atoms with Crippen LogP contribution in [0.1, 0.15) is 30.1 Å². The predicted molar refractivity (Wildman–Crippen MR) is 68.3 cm³/mol. The molecular formula is C14H16FN3O. The van der Waals surface area contributed by atoms with Crippen LogP contribution in [0.15, 0.2) is 28.8 Å². The number of hydrogen-bond acceptors (Lipinski definition) is 4. The molecule has 4 nitrogen and oxygen atoms in total. The molecule has 2 aromatic rings. The molecule has 0 unspecified atom stereocenters. The molecule has 3 rings (SSSR count). The molecule has 0 spiro atoms. The Morgan fingerprint density at radius 3 is 2.79 bits per heavy atom. The molecule has 0 aliphatic carbocycles. The zero-order chi connectivity index (χ0) is 13.2. The van der Waals surface area contributed by atoms with Crippen LogP contribution in [-0.4, -0.2) is 23.2 Å². The van der Waals surface area contributed by atoms with Gasteiger partial charge in [0.1, 0.15) is 5.82 Å². The van der Waals surface area contributed by atoms with Crippen molar-refractivity contribution >= 4 is 0 Å². The molecule has 0 radical (unpaired) electrons. The third-order valence-electron chi connectivity index (χ3n) is 3.59. The number of nitrogens with one attached hydrogen (secondary N) is 1. The van der Waals surface area contributed by atoms with Crippen LogP contribution in [-0.2, 0) is 6.42 Å². The van der Waals surface area contributed by atoms with Crippen molar-refractivity contribution in [2.24, 2.45) is 5.92 Å². The number of aromatic nitrogens is 2. The molecule has 2 atom stereocenters. The molecule has 1 aliphatic heterocycles. The van der Waals surface area contributed by atoms with Crippen LogP contribution in [0.3, 0.4) is 0 Å². The Morgan fingerprint density at radius 1 is 1.32 bits per heavy atom. The lowest BCUT2D eigenvalue weighted by Crippen LogP contribution is -2.08. The molecule has 0 saturated carbocycles. The smallest absolute Gasteiger partial charge is 0.231 e. The van der Waals surface area contributed by atoms with Gasteiger partial charge in [-0.25, -0.2) is 4.39 Å². The lowest BCUT2D eigenvalue weighted by atomic mass is 9.98. The van der Waals surface area contributed by atoms with Crippen molar-refractivity contribution < 1.29 is 8.91 Å². The third kappa shape index (κ3) is 2.66. The molecule has 19 heavy (non-hydrogen) atoms. The van der Waals surface area contributed by atoms with Gasteiger partial charge >= 0.3 is 0 Å². The van der Waals surface area contributed by atoms with Crippen LogP contribution >= 0.6 is 0 Å². The molecule has 1 saturated heterocycles. The highest BCUT2D eigenvalue weighted by Gasteiger charge is 2.29. The fourth-order valence-electron chi connectivity index (χ4n) is 2.42. The SMILES string of the molecule is C[C@@H]1CNC[C@H]1c1nc(Cc2ccc(F)cc2)no1. The van der Waals surface area contributed by atoms with Crippen molar-refractivity contribution in [3.05, 3.63) is 47.4 Å². The van der Waals surface area contributed by atoms with Gasteiger partial charge in [0.05, 0.1) is 5.92 Å². The summed E-state index contributed by atoms with van der Waals surface area (Å²) in [4.78, 5) is 4.45. The van der Waals surface area contributed by atoms with Gasteiger partial charge in [0.15, 0.2) is 5.82 Å². The minimum absolute atomic E-state index is 0.233. The highest BCUT2D eigenvalue weighted by Crippen LogP contribution is 2.26. The van der Waals surface area contributed by atoms with Crippen molar-refractivity contribution in [3.63, 3.8) is 0 Å². The van der Waals surface area contributed by atoms with Crippen LogP contribution in [0.2, 0.25) is 0 Å². The number of hydrogen-bond donors (Lipinski definition) is 1. The first-order chi connectivity index (χ1) is 9.22. The Hall–Kier alpha value is -1.75. The summed E-state index contributed by atoms with van der Waals surface area (Å²) in [5, 5.41) is 7.32. The van der Waals surface area contributed by atoms with E-state index >= 15 is 0 Å². The monoisotopic (exact) mass is 261 g/mol. The Bertz CT molecular complexity index is 552. The minimum atomic E-state index is -0.233. The van der Waals surface area contributed by atoms with Gasteiger partial charge in [0.2, 0.25) is 5.89 Å². The first-order valence-corrected chi connectivity index (χ1v) is 6.50.